The minimum atomic E-state index is -0.891. The largest absolute Gasteiger partial charge is 0.481 e. The summed E-state index contributed by atoms with van der Waals surface area (Å²) in [7, 11) is 0.866. The summed E-state index contributed by atoms with van der Waals surface area (Å²) in [4.78, 5) is 26.1. The average Bonchev–Trinajstić information content (AvgIpc) is 3.05. The van der Waals surface area contributed by atoms with Crippen molar-refractivity contribution < 1.29 is 23.6 Å². The molecule has 0 saturated carbocycles. The van der Waals surface area contributed by atoms with Crippen molar-refractivity contribution in [3.8, 4) is 0 Å². The molecule has 2 aromatic rings. The molecule has 0 aromatic heterocycles. The highest BCUT2D eigenvalue weighted by Gasteiger charge is 2.54. The van der Waals surface area contributed by atoms with Gasteiger partial charge in [-0.05, 0) is 76.8 Å². The number of carbonyl (C=O) groups is 2. The average molecular weight is 515 g/mol. The molecule has 0 spiro atoms. The van der Waals surface area contributed by atoms with Crippen LogP contribution in [-0.4, -0.2) is 55.8 Å². The molecule has 0 aliphatic carbocycles. The number of hydrogen-bond donors (Lipinski definition) is 2. The van der Waals surface area contributed by atoms with Gasteiger partial charge in [-0.25, -0.2) is 0 Å². The Balaban J connectivity index is 1.71. The Bertz CT molecular complexity index is 1000. The predicted molar refractivity (Wildman–Crippen MR) is 142 cm³/mol. The first-order valence-electron chi connectivity index (χ1n) is 12.3. The summed E-state index contributed by atoms with van der Waals surface area (Å²) in [6.45, 7) is 7.95. The third kappa shape index (κ3) is 7.32. The zero-order chi connectivity index (χ0) is 26.3. The molecule has 36 heavy (non-hydrogen) atoms. The van der Waals surface area contributed by atoms with Crippen LogP contribution in [0.25, 0.3) is 0 Å². The number of ether oxygens (including phenoxy) is 1. The molecule has 2 aromatic carbocycles. The van der Waals surface area contributed by atoms with Crippen molar-refractivity contribution in [2.75, 3.05) is 13.7 Å². The van der Waals surface area contributed by atoms with E-state index in [0.29, 0.717) is 17.0 Å². The SMILES string of the molecule is COCC(NC(=O)c1ccc(Cl)cc1)C(=O)N[C@@H](CCCc1ccccc1)B1OC(C)(C)C(C)(C)O1. The third-order valence-electron chi connectivity index (χ3n) is 6.81. The van der Waals surface area contributed by atoms with E-state index in [0.717, 1.165) is 12.8 Å². The lowest BCUT2D eigenvalue weighted by molar-refractivity contribution is -0.124. The smallest absolute Gasteiger partial charge is 0.402 e. The van der Waals surface area contributed by atoms with Crippen molar-refractivity contribution in [1.82, 2.24) is 10.6 Å². The highest BCUT2D eigenvalue weighted by Crippen LogP contribution is 2.38. The summed E-state index contributed by atoms with van der Waals surface area (Å²) in [6.07, 6.45) is 2.33. The summed E-state index contributed by atoms with van der Waals surface area (Å²) in [5.74, 6) is -1.16. The van der Waals surface area contributed by atoms with Crippen molar-refractivity contribution >= 4 is 30.5 Å². The van der Waals surface area contributed by atoms with Crippen molar-refractivity contribution in [2.45, 2.75) is 70.1 Å². The van der Waals surface area contributed by atoms with Gasteiger partial charge in [-0.15, -0.1) is 0 Å². The van der Waals surface area contributed by atoms with E-state index in [1.165, 1.54) is 12.7 Å². The molecule has 194 valence electrons. The van der Waals surface area contributed by atoms with Crippen LogP contribution < -0.4 is 10.6 Å². The van der Waals surface area contributed by atoms with Crippen LogP contribution in [0.15, 0.2) is 54.6 Å². The van der Waals surface area contributed by atoms with Gasteiger partial charge in [0, 0.05) is 17.7 Å². The van der Waals surface area contributed by atoms with Crippen LogP contribution in [0, 0.1) is 0 Å². The summed E-state index contributed by atoms with van der Waals surface area (Å²) in [6, 6.07) is 15.8. The summed E-state index contributed by atoms with van der Waals surface area (Å²) in [5.41, 5.74) is 0.562. The number of methoxy groups -OCH3 is 1. The Kier molecular flexibility index (Phi) is 9.58. The second-order valence-corrected chi connectivity index (χ2v) is 10.5. The minimum absolute atomic E-state index is 0.0191. The van der Waals surface area contributed by atoms with Gasteiger partial charge in [0.25, 0.3) is 5.91 Å². The number of rotatable bonds is 11. The lowest BCUT2D eigenvalue weighted by Gasteiger charge is -2.32. The highest BCUT2D eigenvalue weighted by molar-refractivity contribution is 6.48. The monoisotopic (exact) mass is 514 g/mol. The van der Waals surface area contributed by atoms with Gasteiger partial charge < -0.3 is 24.7 Å². The fourth-order valence-corrected chi connectivity index (χ4v) is 4.10. The van der Waals surface area contributed by atoms with E-state index in [9.17, 15) is 9.59 Å². The van der Waals surface area contributed by atoms with Gasteiger partial charge in [-0.3, -0.25) is 9.59 Å². The number of hydrogen-bond acceptors (Lipinski definition) is 5. The highest BCUT2D eigenvalue weighted by atomic mass is 35.5. The summed E-state index contributed by atoms with van der Waals surface area (Å²) >= 11 is 5.92. The molecule has 2 N–H and O–H groups in total. The molecule has 2 amide bonds. The van der Waals surface area contributed by atoms with Crippen molar-refractivity contribution in [3.63, 3.8) is 0 Å². The van der Waals surface area contributed by atoms with Gasteiger partial charge in [0.05, 0.1) is 23.8 Å². The molecular formula is C27H36BClN2O5. The van der Waals surface area contributed by atoms with Gasteiger partial charge >= 0.3 is 7.12 Å². The van der Waals surface area contributed by atoms with Gasteiger partial charge in [0.15, 0.2) is 0 Å². The molecule has 1 saturated heterocycles. The van der Waals surface area contributed by atoms with E-state index in [1.54, 1.807) is 24.3 Å². The zero-order valence-electron chi connectivity index (χ0n) is 21.7. The second-order valence-electron chi connectivity index (χ2n) is 10.1. The van der Waals surface area contributed by atoms with Gasteiger partial charge in [0.1, 0.15) is 6.04 Å². The molecule has 1 aliphatic heterocycles. The van der Waals surface area contributed by atoms with E-state index in [2.05, 4.69) is 22.8 Å². The van der Waals surface area contributed by atoms with Crippen LogP contribution in [0.5, 0.6) is 0 Å². The third-order valence-corrected chi connectivity index (χ3v) is 7.06. The maximum atomic E-state index is 13.3. The maximum absolute atomic E-state index is 13.3. The van der Waals surface area contributed by atoms with E-state index in [4.69, 9.17) is 25.6 Å². The van der Waals surface area contributed by atoms with Gasteiger partial charge in [0.2, 0.25) is 5.91 Å². The minimum Gasteiger partial charge on any atom is -0.402 e. The molecule has 2 atom stereocenters. The van der Waals surface area contributed by atoms with Crippen molar-refractivity contribution in [3.05, 3.63) is 70.7 Å². The number of halogens is 1. The Morgan fingerprint density at radius 2 is 1.58 bits per heavy atom. The number of carbonyl (C=O) groups excluding carboxylic acids is 2. The number of aryl methyl sites for hydroxylation is 1. The van der Waals surface area contributed by atoms with E-state index in [1.807, 2.05) is 45.9 Å². The number of nitrogens with one attached hydrogen (secondary N) is 2. The molecular weight excluding hydrogens is 479 g/mol. The molecule has 7 nitrogen and oxygen atoms in total. The van der Waals surface area contributed by atoms with E-state index < -0.39 is 30.3 Å². The maximum Gasteiger partial charge on any atom is 0.481 e. The molecule has 1 unspecified atom stereocenters. The lowest BCUT2D eigenvalue weighted by Crippen LogP contribution is -2.56. The molecule has 0 radical (unpaired) electrons. The Morgan fingerprint density at radius 1 is 0.972 bits per heavy atom. The topological polar surface area (TPSA) is 85.9 Å². The Labute approximate surface area is 219 Å². The van der Waals surface area contributed by atoms with Crippen molar-refractivity contribution in [2.24, 2.45) is 0 Å². The lowest BCUT2D eigenvalue weighted by atomic mass is 9.75. The van der Waals surface area contributed by atoms with Crippen LogP contribution in [0.2, 0.25) is 5.02 Å². The van der Waals surface area contributed by atoms with Crippen LogP contribution in [-0.2, 0) is 25.3 Å². The molecule has 3 rings (SSSR count). The predicted octanol–water partition coefficient (Wildman–Crippen LogP) is 4.22. The Morgan fingerprint density at radius 3 is 2.17 bits per heavy atom. The fraction of sp³-hybridized carbons (Fsp3) is 0.481. The standard InChI is InChI=1S/C27H36BClN2O5/c1-26(2)27(3,4)36-28(35-26)23(13-9-12-19-10-7-6-8-11-19)31-25(33)22(18-34-5)30-24(32)20-14-16-21(29)17-15-20/h6-8,10-11,14-17,22-23H,9,12-13,18H2,1-5H3,(H,30,32)(H,31,33)/t22?,23-/m0/s1. The van der Waals surface area contributed by atoms with Gasteiger partial charge in [-0.1, -0.05) is 41.9 Å². The van der Waals surface area contributed by atoms with Gasteiger partial charge in [-0.2, -0.15) is 0 Å². The first-order valence-corrected chi connectivity index (χ1v) is 12.7. The van der Waals surface area contributed by atoms with E-state index >= 15 is 0 Å². The van der Waals surface area contributed by atoms with Crippen molar-refractivity contribution in [1.29, 1.82) is 0 Å². The van der Waals surface area contributed by atoms with Crippen LogP contribution in [0.3, 0.4) is 0 Å². The molecule has 9 heteroatoms. The number of amides is 2. The van der Waals surface area contributed by atoms with Crippen LogP contribution >= 0.6 is 11.6 Å². The second kappa shape index (κ2) is 12.2. The quantitative estimate of drug-likeness (QED) is 0.439. The molecule has 1 aliphatic rings. The first kappa shape index (κ1) is 28.2. The van der Waals surface area contributed by atoms with E-state index in [-0.39, 0.29) is 18.4 Å². The first-order chi connectivity index (χ1) is 17.0. The number of benzene rings is 2. The normalized spacial score (nSPS) is 17.9. The van der Waals surface area contributed by atoms with Crippen LogP contribution in [0.1, 0.15) is 56.5 Å². The summed E-state index contributed by atoms with van der Waals surface area (Å²) < 4.78 is 17.8. The zero-order valence-corrected chi connectivity index (χ0v) is 22.4. The molecule has 1 heterocycles. The molecule has 0 bridgehead atoms. The fourth-order valence-electron chi connectivity index (χ4n) is 3.98. The molecule has 1 fully saturated rings. The Hall–Kier alpha value is -2.39. The summed E-state index contributed by atoms with van der Waals surface area (Å²) in [5, 5.41) is 6.36. The van der Waals surface area contributed by atoms with Crippen LogP contribution in [0.4, 0.5) is 0 Å².